The zero-order valence-corrected chi connectivity index (χ0v) is 22.0. The van der Waals surface area contributed by atoms with Crippen molar-refractivity contribution in [1.82, 2.24) is 18.2 Å². The lowest BCUT2D eigenvalue weighted by Crippen LogP contribution is -2.56. The van der Waals surface area contributed by atoms with Crippen molar-refractivity contribution in [2.45, 2.75) is 51.2 Å². The minimum absolute atomic E-state index is 0.180. The number of carboxylic acid groups (broad SMARTS) is 1. The summed E-state index contributed by atoms with van der Waals surface area (Å²) in [5, 5.41) is 10.4. The third-order valence-corrected chi connectivity index (χ3v) is 13.7. The van der Waals surface area contributed by atoms with Crippen LogP contribution in [0, 0.1) is 0 Å². The molecule has 2 heterocycles. The SMILES string of the molecule is CN(C)S(=O)(=O)n1cc(C(CC(=O)O)c2ccnc3ccccc23)nc1[Si](C)(C)C(C)(C)C. The summed E-state index contributed by atoms with van der Waals surface area (Å²) in [5.41, 5.74) is 2.44. The fraction of sp³-hybridized carbons (Fsp3) is 0.435. The highest BCUT2D eigenvalue weighted by Gasteiger charge is 2.43. The number of aliphatic carboxylic acids is 1. The topological polar surface area (TPSA) is 105 Å². The molecule has 2 aromatic heterocycles. The molecule has 8 nitrogen and oxygen atoms in total. The average Bonchev–Trinajstić information content (AvgIpc) is 3.17. The lowest BCUT2D eigenvalue weighted by molar-refractivity contribution is -0.137. The fourth-order valence-corrected chi connectivity index (χ4v) is 7.20. The standard InChI is InChI=1S/C23H32N4O4SSi/c1-23(2,3)33(6,7)22-25-20(15-27(22)32(30,31)26(4)5)18(14-21(28)29)16-12-13-24-19-11-9-8-10-17(16)19/h8-13,15,18H,14H2,1-7H3,(H,28,29). The van der Waals surface area contributed by atoms with Crippen LogP contribution in [0.15, 0.2) is 42.7 Å². The second kappa shape index (κ2) is 8.66. The first-order chi connectivity index (χ1) is 15.2. The Hall–Kier alpha value is -2.56. The van der Waals surface area contributed by atoms with E-state index in [2.05, 4.69) is 38.8 Å². The fourth-order valence-electron chi connectivity index (χ4n) is 3.62. The molecular formula is C23H32N4O4SSi. The maximum Gasteiger partial charge on any atom is 0.308 e. The highest BCUT2D eigenvalue weighted by atomic mass is 32.2. The number of carbonyl (C=O) groups is 1. The van der Waals surface area contributed by atoms with Crippen molar-refractivity contribution in [2.24, 2.45) is 0 Å². The smallest absolute Gasteiger partial charge is 0.308 e. The molecule has 3 aromatic rings. The number of benzene rings is 1. The van der Waals surface area contributed by atoms with Crippen LogP contribution in [0.3, 0.4) is 0 Å². The Morgan fingerprint density at radius 3 is 2.39 bits per heavy atom. The van der Waals surface area contributed by atoms with Crippen molar-refractivity contribution in [3.05, 3.63) is 54.0 Å². The number of para-hydroxylation sites is 1. The first kappa shape index (κ1) is 25.1. The van der Waals surface area contributed by atoms with Crippen LogP contribution in [-0.2, 0) is 15.0 Å². The van der Waals surface area contributed by atoms with Crippen LogP contribution in [0.5, 0.6) is 0 Å². The molecule has 0 aliphatic rings. The molecule has 10 heteroatoms. The van der Waals surface area contributed by atoms with Crippen LogP contribution in [-0.4, -0.2) is 59.9 Å². The maximum absolute atomic E-state index is 13.3. The summed E-state index contributed by atoms with van der Waals surface area (Å²) in [6.07, 6.45) is 2.94. The number of nitrogens with zero attached hydrogens (tertiary/aromatic N) is 4. The van der Waals surface area contributed by atoms with Crippen molar-refractivity contribution in [3.8, 4) is 0 Å². The first-order valence-corrected chi connectivity index (χ1v) is 15.2. The molecule has 0 saturated carbocycles. The quantitative estimate of drug-likeness (QED) is 0.511. The second-order valence-electron chi connectivity index (χ2n) is 10.0. The second-order valence-corrected chi connectivity index (χ2v) is 17.2. The number of rotatable bonds is 7. The van der Waals surface area contributed by atoms with Gasteiger partial charge in [0.25, 0.3) is 0 Å². The highest BCUT2D eigenvalue weighted by Crippen LogP contribution is 2.37. The molecule has 3 rings (SSSR count). The third-order valence-electron chi connectivity index (χ3n) is 6.63. The predicted molar refractivity (Wildman–Crippen MR) is 133 cm³/mol. The Kier molecular flexibility index (Phi) is 6.58. The van der Waals surface area contributed by atoms with Gasteiger partial charge in [-0.25, -0.2) is 8.96 Å². The number of hydrogen-bond acceptors (Lipinski definition) is 5. The molecule has 0 radical (unpaired) electrons. The van der Waals surface area contributed by atoms with Gasteiger partial charge in [0.15, 0.2) is 0 Å². The van der Waals surface area contributed by atoms with Crippen molar-refractivity contribution >= 4 is 40.6 Å². The first-order valence-electron chi connectivity index (χ1n) is 10.8. The molecule has 0 aliphatic carbocycles. The average molecular weight is 489 g/mol. The Morgan fingerprint density at radius 2 is 1.82 bits per heavy atom. The van der Waals surface area contributed by atoms with Crippen molar-refractivity contribution in [2.75, 3.05) is 14.1 Å². The van der Waals surface area contributed by atoms with Gasteiger partial charge in [-0.1, -0.05) is 52.1 Å². The number of pyridine rings is 1. The number of carboxylic acids is 1. The minimum atomic E-state index is -3.85. The molecule has 0 saturated heterocycles. The molecule has 33 heavy (non-hydrogen) atoms. The van der Waals surface area contributed by atoms with E-state index >= 15 is 0 Å². The van der Waals surface area contributed by atoms with Gasteiger partial charge >= 0.3 is 16.2 Å². The van der Waals surface area contributed by atoms with Crippen LogP contribution in [0.25, 0.3) is 10.9 Å². The summed E-state index contributed by atoms with van der Waals surface area (Å²) in [6.45, 7) is 10.4. The molecule has 0 fully saturated rings. The van der Waals surface area contributed by atoms with E-state index in [0.717, 1.165) is 20.8 Å². The van der Waals surface area contributed by atoms with E-state index in [4.69, 9.17) is 4.98 Å². The summed E-state index contributed by atoms with van der Waals surface area (Å²) in [4.78, 5) is 21.1. The molecule has 0 amide bonds. The van der Waals surface area contributed by atoms with E-state index < -0.39 is 30.2 Å². The van der Waals surface area contributed by atoms with E-state index in [0.29, 0.717) is 11.1 Å². The molecule has 1 N–H and O–H groups in total. The number of imidazole rings is 1. The van der Waals surface area contributed by atoms with E-state index in [-0.39, 0.29) is 11.5 Å². The van der Waals surface area contributed by atoms with E-state index in [9.17, 15) is 18.3 Å². The Bertz CT molecular complexity index is 1290. The summed E-state index contributed by atoms with van der Waals surface area (Å²) < 4.78 is 29.0. The molecule has 0 spiro atoms. The van der Waals surface area contributed by atoms with Crippen LogP contribution >= 0.6 is 0 Å². The van der Waals surface area contributed by atoms with Crippen LogP contribution in [0.2, 0.25) is 18.1 Å². The van der Waals surface area contributed by atoms with Gasteiger partial charge in [0, 0.05) is 37.8 Å². The largest absolute Gasteiger partial charge is 0.481 e. The summed E-state index contributed by atoms with van der Waals surface area (Å²) in [5.74, 6) is -1.61. The van der Waals surface area contributed by atoms with Crippen LogP contribution in [0.4, 0.5) is 0 Å². The molecule has 1 atom stereocenters. The van der Waals surface area contributed by atoms with Crippen molar-refractivity contribution < 1.29 is 18.3 Å². The maximum atomic E-state index is 13.3. The monoisotopic (exact) mass is 488 g/mol. The normalized spacial score (nSPS) is 14.1. The molecule has 0 bridgehead atoms. The van der Waals surface area contributed by atoms with Crippen molar-refractivity contribution in [3.63, 3.8) is 0 Å². The Labute approximate surface area is 196 Å². The van der Waals surface area contributed by atoms with E-state index in [1.807, 2.05) is 24.3 Å². The van der Waals surface area contributed by atoms with Crippen LogP contribution in [0.1, 0.15) is 44.4 Å². The van der Waals surface area contributed by atoms with Gasteiger partial charge in [-0.05, 0) is 22.7 Å². The van der Waals surface area contributed by atoms with E-state index in [1.54, 1.807) is 12.3 Å². The van der Waals surface area contributed by atoms with Gasteiger partial charge < -0.3 is 5.11 Å². The summed E-state index contributed by atoms with van der Waals surface area (Å²) in [7, 11) is -3.31. The molecule has 178 valence electrons. The van der Waals surface area contributed by atoms with Crippen LogP contribution < -0.4 is 5.45 Å². The Balaban J connectivity index is 2.34. The van der Waals surface area contributed by atoms with Gasteiger partial charge in [0.05, 0.1) is 17.6 Å². The predicted octanol–water partition coefficient (Wildman–Crippen LogP) is 3.41. The number of fused-ring (bicyclic) bond motifs is 1. The van der Waals surface area contributed by atoms with Gasteiger partial charge in [0.1, 0.15) is 13.5 Å². The van der Waals surface area contributed by atoms with E-state index in [1.165, 1.54) is 24.3 Å². The number of hydrogen-bond donors (Lipinski definition) is 1. The molecule has 1 aromatic carbocycles. The van der Waals surface area contributed by atoms with Crippen molar-refractivity contribution in [1.29, 1.82) is 0 Å². The zero-order chi connectivity index (χ0) is 24.8. The van der Waals surface area contributed by atoms with Gasteiger partial charge in [-0.2, -0.15) is 12.7 Å². The molecule has 0 aliphatic heterocycles. The van der Waals surface area contributed by atoms with Gasteiger partial charge in [-0.15, -0.1) is 0 Å². The Morgan fingerprint density at radius 1 is 1.18 bits per heavy atom. The summed E-state index contributed by atoms with van der Waals surface area (Å²) >= 11 is 0. The third kappa shape index (κ3) is 4.60. The highest BCUT2D eigenvalue weighted by molar-refractivity contribution is 7.87. The lowest BCUT2D eigenvalue weighted by atomic mass is 9.90. The lowest BCUT2D eigenvalue weighted by Gasteiger charge is -2.36. The summed E-state index contributed by atoms with van der Waals surface area (Å²) in [6, 6.07) is 9.31. The minimum Gasteiger partial charge on any atom is -0.481 e. The number of aromatic nitrogens is 3. The molecule has 1 unspecified atom stereocenters. The van der Waals surface area contributed by atoms with Gasteiger partial charge in [0.2, 0.25) is 0 Å². The zero-order valence-electron chi connectivity index (χ0n) is 20.2. The molecular weight excluding hydrogens is 456 g/mol. The van der Waals surface area contributed by atoms with Gasteiger partial charge in [-0.3, -0.25) is 9.78 Å².